The van der Waals surface area contributed by atoms with Gasteiger partial charge in [-0.25, -0.2) is 23.1 Å². The predicted octanol–water partition coefficient (Wildman–Crippen LogP) is 0.619. The Bertz CT molecular complexity index is 708. The van der Waals surface area contributed by atoms with Crippen LogP contribution in [0.25, 0.3) is 0 Å². The van der Waals surface area contributed by atoms with E-state index in [4.69, 9.17) is 11.6 Å². The van der Waals surface area contributed by atoms with Crippen LogP contribution in [0.5, 0.6) is 0 Å². The molecule has 7 nitrogen and oxygen atoms in total. The summed E-state index contributed by atoms with van der Waals surface area (Å²) in [6, 6.07) is 3.69. The molecule has 0 fully saturated rings. The van der Waals surface area contributed by atoms with Gasteiger partial charge in [0.2, 0.25) is 11.5 Å². The number of H-pyrrole nitrogens is 1. The molecule has 0 amide bonds. The molecule has 0 spiro atoms. The first kappa shape index (κ1) is 12.5. The molecule has 18 heavy (non-hydrogen) atoms. The molecule has 0 saturated heterocycles. The van der Waals surface area contributed by atoms with Crippen molar-refractivity contribution in [2.75, 3.05) is 4.72 Å². The fraction of sp³-hybridized carbons (Fsp3) is 0. The van der Waals surface area contributed by atoms with Crippen molar-refractivity contribution < 1.29 is 8.42 Å². The van der Waals surface area contributed by atoms with Gasteiger partial charge >= 0.3 is 0 Å². The van der Waals surface area contributed by atoms with Gasteiger partial charge in [0.1, 0.15) is 10.0 Å². The van der Waals surface area contributed by atoms with Gasteiger partial charge in [-0.3, -0.25) is 4.79 Å². The highest BCUT2D eigenvalue weighted by Crippen LogP contribution is 2.12. The third-order valence-corrected chi connectivity index (χ3v) is 3.45. The second-order valence-electron chi connectivity index (χ2n) is 3.20. The minimum atomic E-state index is -3.85. The van der Waals surface area contributed by atoms with Gasteiger partial charge in [-0.2, -0.15) is 0 Å². The zero-order valence-electron chi connectivity index (χ0n) is 8.79. The lowest BCUT2D eigenvalue weighted by Gasteiger charge is -2.05. The summed E-state index contributed by atoms with van der Waals surface area (Å²) in [4.78, 5) is 20.4. The van der Waals surface area contributed by atoms with Crippen molar-refractivity contribution in [3.63, 3.8) is 0 Å². The molecule has 0 aliphatic carbocycles. The molecule has 2 aromatic rings. The third kappa shape index (κ3) is 2.84. The lowest BCUT2D eigenvalue weighted by atomic mass is 10.5. The lowest BCUT2D eigenvalue weighted by molar-refractivity contribution is 0.600. The number of pyridine rings is 1. The Morgan fingerprint density at radius 1 is 1.28 bits per heavy atom. The minimum absolute atomic E-state index is 0.106. The highest BCUT2D eigenvalue weighted by Gasteiger charge is 2.15. The van der Waals surface area contributed by atoms with Gasteiger partial charge in [0.15, 0.2) is 0 Å². The molecule has 2 N–H and O–H groups in total. The molecular weight excluding hydrogens is 280 g/mol. The fourth-order valence-electron chi connectivity index (χ4n) is 1.13. The number of nitrogens with one attached hydrogen (secondary N) is 2. The zero-order valence-corrected chi connectivity index (χ0v) is 10.4. The van der Waals surface area contributed by atoms with Crippen molar-refractivity contribution in [1.29, 1.82) is 0 Å². The molecule has 0 radical (unpaired) electrons. The van der Waals surface area contributed by atoms with E-state index in [0.717, 1.165) is 12.3 Å². The summed E-state index contributed by atoms with van der Waals surface area (Å²) in [6.45, 7) is 0. The van der Waals surface area contributed by atoms with Crippen LogP contribution in [-0.2, 0) is 10.0 Å². The Morgan fingerprint density at radius 3 is 2.67 bits per heavy atom. The van der Waals surface area contributed by atoms with Crippen LogP contribution >= 0.6 is 11.6 Å². The molecule has 0 aliphatic rings. The fourth-order valence-corrected chi connectivity index (χ4v) is 2.18. The van der Waals surface area contributed by atoms with E-state index in [9.17, 15) is 13.2 Å². The van der Waals surface area contributed by atoms with Gasteiger partial charge in [0, 0.05) is 18.5 Å². The second kappa shape index (κ2) is 4.75. The molecule has 0 bridgehead atoms. The summed E-state index contributed by atoms with van der Waals surface area (Å²) in [7, 11) is -3.85. The van der Waals surface area contributed by atoms with Gasteiger partial charge in [-0.05, 0) is 12.1 Å². The van der Waals surface area contributed by atoms with Crippen LogP contribution in [0.15, 0.2) is 40.3 Å². The summed E-state index contributed by atoms with van der Waals surface area (Å²) in [5.74, 6) is -0.145. The van der Waals surface area contributed by atoms with Crippen molar-refractivity contribution in [2.24, 2.45) is 0 Å². The van der Waals surface area contributed by atoms with Gasteiger partial charge in [0.05, 0.1) is 0 Å². The highest BCUT2D eigenvalue weighted by molar-refractivity contribution is 7.92. The first-order valence-electron chi connectivity index (χ1n) is 4.67. The van der Waals surface area contributed by atoms with Crippen LogP contribution in [0.2, 0.25) is 5.15 Å². The molecule has 0 unspecified atom stereocenters. The van der Waals surface area contributed by atoms with Crippen molar-refractivity contribution in [3.8, 4) is 0 Å². The number of aromatic nitrogens is 3. The summed E-state index contributed by atoms with van der Waals surface area (Å²) < 4.78 is 25.9. The molecule has 0 aliphatic heterocycles. The van der Waals surface area contributed by atoms with E-state index >= 15 is 0 Å². The van der Waals surface area contributed by atoms with E-state index in [1.54, 1.807) is 0 Å². The molecule has 2 rings (SSSR count). The molecular formula is C9H7ClN4O3S. The molecule has 0 aromatic carbocycles. The van der Waals surface area contributed by atoms with Gasteiger partial charge in [-0.1, -0.05) is 11.6 Å². The van der Waals surface area contributed by atoms with E-state index in [-0.39, 0.29) is 16.0 Å². The monoisotopic (exact) mass is 286 g/mol. The maximum absolute atomic E-state index is 11.9. The quantitative estimate of drug-likeness (QED) is 0.805. The topological polar surface area (TPSA) is 105 Å². The van der Waals surface area contributed by atoms with Crippen LogP contribution in [0.1, 0.15) is 0 Å². The number of nitrogens with zero attached hydrogens (tertiary/aromatic N) is 2. The van der Waals surface area contributed by atoms with Crippen LogP contribution in [-0.4, -0.2) is 23.4 Å². The number of rotatable bonds is 3. The Labute approximate surface area is 107 Å². The number of aromatic amines is 1. The number of hydrogen-bond donors (Lipinski definition) is 2. The molecule has 0 saturated carbocycles. The number of anilines is 1. The normalized spacial score (nSPS) is 11.2. The molecule has 2 aromatic heterocycles. The van der Waals surface area contributed by atoms with Gasteiger partial charge in [0.25, 0.3) is 10.0 Å². The van der Waals surface area contributed by atoms with Crippen LogP contribution in [0, 0.1) is 0 Å². The summed E-state index contributed by atoms with van der Waals surface area (Å²) >= 11 is 5.61. The van der Waals surface area contributed by atoms with E-state index < -0.39 is 15.6 Å². The Kier molecular flexibility index (Phi) is 3.30. The van der Waals surface area contributed by atoms with Crippen molar-refractivity contribution in [2.45, 2.75) is 4.90 Å². The first-order valence-corrected chi connectivity index (χ1v) is 6.53. The standard InChI is InChI=1S/C9H7ClN4O3S/c10-7-3-4-11-9(13-7)14-18(16,17)6-1-2-8(15)12-5-6/h1-5H,(H,12,15)(H,11,13,14). The summed E-state index contributed by atoms with van der Waals surface area (Å²) in [5, 5.41) is 0.115. The van der Waals surface area contributed by atoms with Crippen molar-refractivity contribution in [3.05, 3.63) is 46.1 Å². The average Bonchev–Trinajstić information content (AvgIpc) is 2.29. The second-order valence-corrected chi connectivity index (χ2v) is 5.27. The highest BCUT2D eigenvalue weighted by atomic mass is 35.5. The van der Waals surface area contributed by atoms with Gasteiger partial charge in [-0.15, -0.1) is 0 Å². The van der Waals surface area contributed by atoms with E-state index in [1.807, 2.05) is 0 Å². The zero-order chi connectivity index (χ0) is 13.2. The minimum Gasteiger partial charge on any atom is -0.328 e. The maximum atomic E-state index is 11.9. The lowest BCUT2D eigenvalue weighted by Crippen LogP contribution is -2.16. The predicted molar refractivity (Wildman–Crippen MR) is 64.9 cm³/mol. The van der Waals surface area contributed by atoms with Crippen molar-refractivity contribution >= 4 is 27.6 Å². The smallest absolute Gasteiger partial charge is 0.265 e. The maximum Gasteiger partial charge on any atom is 0.265 e. The molecule has 0 atom stereocenters. The SMILES string of the molecule is O=c1ccc(S(=O)(=O)Nc2nccc(Cl)n2)c[nH]1. The third-order valence-electron chi connectivity index (χ3n) is 1.91. The summed E-state index contributed by atoms with van der Waals surface area (Å²) in [6.07, 6.45) is 2.40. The van der Waals surface area contributed by atoms with E-state index in [1.165, 1.54) is 18.3 Å². The number of sulfonamides is 1. The first-order chi connectivity index (χ1) is 8.47. The Morgan fingerprint density at radius 2 is 2.06 bits per heavy atom. The van der Waals surface area contributed by atoms with E-state index in [2.05, 4.69) is 19.7 Å². The number of halogens is 1. The Hall–Kier alpha value is -1.93. The Balaban J connectivity index is 2.33. The van der Waals surface area contributed by atoms with Crippen LogP contribution in [0.4, 0.5) is 5.95 Å². The molecule has 2 heterocycles. The summed E-state index contributed by atoms with van der Waals surface area (Å²) in [5.41, 5.74) is -0.395. The molecule has 9 heteroatoms. The van der Waals surface area contributed by atoms with Gasteiger partial charge < -0.3 is 4.98 Å². The number of hydrogen-bond acceptors (Lipinski definition) is 5. The largest absolute Gasteiger partial charge is 0.328 e. The van der Waals surface area contributed by atoms with E-state index in [0.29, 0.717) is 0 Å². The van der Waals surface area contributed by atoms with Crippen molar-refractivity contribution in [1.82, 2.24) is 15.0 Å². The average molecular weight is 287 g/mol. The van der Waals surface area contributed by atoms with Crippen LogP contribution < -0.4 is 10.3 Å². The molecule has 94 valence electrons. The van der Waals surface area contributed by atoms with Crippen LogP contribution in [0.3, 0.4) is 0 Å².